The summed E-state index contributed by atoms with van der Waals surface area (Å²) in [5, 5.41) is 0. The summed E-state index contributed by atoms with van der Waals surface area (Å²) >= 11 is 0. The molecule has 4 heteroatoms. The molecule has 2 atom stereocenters. The number of esters is 1. The Bertz CT molecular complexity index is 307. The van der Waals surface area contributed by atoms with Gasteiger partial charge in [-0.25, -0.2) is 0 Å². The Kier molecular flexibility index (Phi) is 2.15. The van der Waals surface area contributed by atoms with Crippen LogP contribution in [0.4, 0.5) is 0 Å². The Morgan fingerprint density at radius 2 is 2.57 bits per heavy atom. The molecule has 2 aliphatic rings. The van der Waals surface area contributed by atoms with Gasteiger partial charge in [-0.05, 0) is 0 Å². The molecule has 0 aromatic heterocycles. The molecule has 0 N–H and O–H groups in total. The Morgan fingerprint density at radius 1 is 1.79 bits per heavy atom. The van der Waals surface area contributed by atoms with E-state index in [0.29, 0.717) is 12.8 Å². The van der Waals surface area contributed by atoms with Crippen LogP contribution in [0.2, 0.25) is 0 Å². The number of Topliss-reactive ketones (excluding diaryl/α,β-unsaturated/α-hetero) is 1. The number of hydrogen-bond acceptors (Lipinski definition) is 4. The van der Waals surface area contributed by atoms with E-state index in [2.05, 4.69) is 0 Å². The van der Waals surface area contributed by atoms with Gasteiger partial charge in [0.2, 0.25) is 0 Å². The monoisotopic (exact) mass is 196 g/mol. The summed E-state index contributed by atoms with van der Waals surface area (Å²) in [6.07, 6.45) is 4.35. The summed E-state index contributed by atoms with van der Waals surface area (Å²) in [4.78, 5) is 22.0. The molecule has 0 aromatic rings. The average molecular weight is 196 g/mol. The topological polar surface area (TPSA) is 52.6 Å². The summed E-state index contributed by atoms with van der Waals surface area (Å²) in [5.74, 6) is -0.184. The lowest BCUT2D eigenvalue weighted by Gasteiger charge is -2.31. The predicted octanol–water partition coefficient (Wildman–Crippen LogP) is 0.606. The van der Waals surface area contributed by atoms with Crippen molar-refractivity contribution >= 4 is 11.8 Å². The third-order valence-electron chi connectivity index (χ3n) is 2.45. The minimum atomic E-state index is -0.675. The molecule has 0 spiro atoms. The minimum absolute atomic E-state index is 0.119. The minimum Gasteiger partial charge on any atom is -0.462 e. The van der Waals surface area contributed by atoms with Crippen molar-refractivity contribution in [2.75, 3.05) is 6.61 Å². The first kappa shape index (κ1) is 9.40. The highest BCUT2D eigenvalue weighted by Gasteiger charge is 2.43. The van der Waals surface area contributed by atoms with Gasteiger partial charge < -0.3 is 9.47 Å². The van der Waals surface area contributed by atoms with Crippen molar-refractivity contribution in [3.05, 3.63) is 12.2 Å². The van der Waals surface area contributed by atoms with E-state index in [4.69, 9.17) is 9.47 Å². The van der Waals surface area contributed by atoms with Gasteiger partial charge in [0.15, 0.2) is 0 Å². The largest absolute Gasteiger partial charge is 0.462 e. The lowest BCUT2D eigenvalue weighted by molar-refractivity contribution is -0.159. The van der Waals surface area contributed by atoms with Gasteiger partial charge >= 0.3 is 5.97 Å². The van der Waals surface area contributed by atoms with Crippen molar-refractivity contribution < 1.29 is 19.1 Å². The van der Waals surface area contributed by atoms with Crippen LogP contribution < -0.4 is 0 Å². The van der Waals surface area contributed by atoms with E-state index in [0.717, 1.165) is 0 Å². The number of carbonyl (C=O) groups is 2. The molecule has 2 rings (SSSR count). The zero-order valence-electron chi connectivity index (χ0n) is 7.99. The Labute approximate surface area is 81.9 Å². The number of ketones is 1. The molecular weight excluding hydrogens is 184 g/mol. The second-order valence-electron chi connectivity index (χ2n) is 3.78. The molecule has 2 aliphatic heterocycles. The fourth-order valence-corrected chi connectivity index (χ4v) is 1.86. The lowest BCUT2D eigenvalue weighted by Crippen LogP contribution is -2.42. The molecule has 2 heterocycles. The number of ether oxygens (including phenoxy) is 2. The average Bonchev–Trinajstić information content (AvgIpc) is 2.40. The third kappa shape index (κ3) is 1.70. The van der Waals surface area contributed by atoms with Gasteiger partial charge in [0.05, 0.1) is 6.10 Å². The van der Waals surface area contributed by atoms with Gasteiger partial charge in [0.1, 0.15) is 18.0 Å². The second kappa shape index (κ2) is 3.20. The maximum Gasteiger partial charge on any atom is 0.302 e. The first-order chi connectivity index (χ1) is 6.60. The lowest BCUT2D eigenvalue weighted by atomic mass is 9.96. The van der Waals surface area contributed by atoms with Crippen LogP contribution in [-0.4, -0.2) is 30.1 Å². The first-order valence-corrected chi connectivity index (χ1v) is 4.62. The van der Waals surface area contributed by atoms with Crippen molar-refractivity contribution in [3.63, 3.8) is 0 Å². The molecule has 0 radical (unpaired) electrons. The van der Waals surface area contributed by atoms with Crippen LogP contribution in [0.25, 0.3) is 0 Å². The fourth-order valence-electron chi connectivity index (χ4n) is 1.86. The highest BCUT2D eigenvalue weighted by Crippen LogP contribution is 2.34. The van der Waals surface area contributed by atoms with Crippen molar-refractivity contribution in [1.29, 1.82) is 0 Å². The number of rotatable bonds is 2. The molecule has 76 valence electrons. The summed E-state index contributed by atoms with van der Waals surface area (Å²) in [5.41, 5.74) is -0.675. The predicted molar refractivity (Wildman–Crippen MR) is 47.6 cm³/mol. The number of hydrogen-bond donors (Lipinski definition) is 0. The van der Waals surface area contributed by atoms with E-state index < -0.39 is 5.60 Å². The zero-order valence-corrected chi connectivity index (χ0v) is 7.99. The molecule has 14 heavy (non-hydrogen) atoms. The second-order valence-corrected chi connectivity index (χ2v) is 3.78. The van der Waals surface area contributed by atoms with Crippen LogP contribution in [0.3, 0.4) is 0 Å². The summed E-state index contributed by atoms with van der Waals surface area (Å²) < 4.78 is 10.5. The zero-order chi connectivity index (χ0) is 10.2. The van der Waals surface area contributed by atoms with Crippen LogP contribution >= 0.6 is 0 Å². The van der Waals surface area contributed by atoms with E-state index in [1.54, 1.807) is 0 Å². The SMILES string of the molecule is CC(=O)OCC12C=CC(CC(=O)C1)O2. The van der Waals surface area contributed by atoms with Crippen LogP contribution in [0.5, 0.6) is 0 Å². The first-order valence-electron chi connectivity index (χ1n) is 4.62. The Balaban J connectivity index is 2.04. The Morgan fingerprint density at radius 3 is 3.29 bits per heavy atom. The van der Waals surface area contributed by atoms with E-state index in [9.17, 15) is 9.59 Å². The fraction of sp³-hybridized carbons (Fsp3) is 0.600. The van der Waals surface area contributed by atoms with Crippen molar-refractivity contribution in [2.45, 2.75) is 31.5 Å². The maximum absolute atomic E-state index is 11.3. The van der Waals surface area contributed by atoms with Crippen LogP contribution in [-0.2, 0) is 19.1 Å². The van der Waals surface area contributed by atoms with E-state index in [-0.39, 0.29) is 24.5 Å². The molecule has 0 amide bonds. The third-order valence-corrected chi connectivity index (χ3v) is 2.45. The highest BCUT2D eigenvalue weighted by molar-refractivity contribution is 5.82. The highest BCUT2D eigenvalue weighted by atomic mass is 16.6. The van der Waals surface area contributed by atoms with Gasteiger partial charge in [0.25, 0.3) is 0 Å². The van der Waals surface area contributed by atoms with Crippen molar-refractivity contribution in [3.8, 4) is 0 Å². The van der Waals surface area contributed by atoms with Gasteiger partial charge in [-0.15, -0.1) is 0 Å². The summed E-state index contributed by atoms with van der Waals surface area (Å²) in [6, 6.07) is 0. The summed E-state index contributed by atoms with van der Waals surface area (Å²) in [7, 11) is 0. The summed E-state index contributed by atoms with van der Waals surface area (Å²) in [6.45, 7) is 1.48. The van der Waals surface area contributed by atoms with Crippen molar-refractivity contribution in [2.24, 2.45) is 0 Å². The van der Waals surface area contributed by atoms with E-state index in [1.807, 2.05) is 12.2 Å². The normalized spacial score (nSPS) is 34.6. The molecule has 4 nitrogen and oxygen atoms in total. The number of carbonyl (C=O) groups excluding carboxylic acids is 2. The molecule has 0 aromatic carbocycles. The molecule has 1 fully saturated rings. The van der Waals surface area contributed by atoms with E-state index >= 15 is 0 Å². The molecule has 2 unspecified atom stereocenters. The molecular formula is C10H12O4. The Hall–Kier alpha value is -1.16. The molecule has 2 bridgehead atoms. The smallest absolute Gasteiger partial charge is 0.302 e. The quantitative estimate of drug-likeness (QED) is 0.479. The van der Waals surface area contributed by atoms with Gasteiger partial charge in [-0.1, -0.05) is 12.2 Å². The molecule has 1 saturated heterocycles. The standard InChI is InChI=1S/C10H12O4/c1-7(11)13-6-10-3-2-9(14-10)4-8(12)5-10/h2-3,9H,4-6H2,1H3. The molecule has 0 saturated carbocycles. The van der Waals surface area contributed by atoms with Crippen LogP contribution in [0.15, 0.2) is 12.2 Å². The number of fused-ring (bicyclic) bond motifs is 2. The van der Waals surface area contributed by atoms with Crippen LogP contribution in [0, 0.1) is 0 Å². The van der Waals surface area contributed by atoms with Gasteiger partial charge in [0, 0.05) is 19.8 Å². The molecule has 0 aliphatic carbocycles. The van der Waals surface area contributed by atoms with E-state index in [1.165, 1.54) is 6.92 Å². The maximum atomic E-state index is 11.3. The van der Waals surface area contributed by atoms with Gasteiger partial charge in [-0.2, -0.15) is 0 Å². The van der Waals surface area contributed by atoms with Crippen molar-refractivity contribution in [1.82, 2.24) is 0 Å². The van der Waals surface area contributed by atoms with Gasteiger partial charge in [-0.3, -0.25) is 9.59 Å². The van der Waals surface area contributed by atoms with Crippen LogP contribution in [0.1, 0.15) is 19.8 Å².